The second-order valence-electron chi connectivity index (χ2n) is 8.48. The van der Waals surface area contributed by atoms with E-state index in [1.807, 2.05) is 36.4 Å². The first-order chi connectivity index (χ1) is 15.6. The van der Waals surface area contributed by atoms with Crippen molar-refractivity contribution in [2.45, 2.75) is 32.6 Å². The molecule has 0 spiro atoms. The fourth-order valence-electron chi connectivity index (χ4n) is 4.74. The average Bonchev–Trinajstić information content (AvgIpc) is 3.45. The predicted molar refractivity (Wildman–Crippen MR) is 130 cm³/mol. The number of nitrogens with one attached hydrogen (secondary N) is 1. The van der Waals surface area contributed by atoms with Gasteiger partial charge in [0.15, 0.2) is 10.9 Å². The number of anilines is 2. The zero-order valence-corrected chi connectivity index (χ0v) is 18.8. The van der Waals surface area contributed by atoms with Crippen LogP contribution in [-0.2, 0) is 0 Å². The number of nitrogens with zero attached hydrogens (tertiary/aromatic N) is 1. The monoisotopic (exact) mass is 444 g/mol. The highest BCUT2D eigenvalue weighted by molar-refractivity contribution is 7.22. The second-order valence-corrected chi connectivity index (χ2v) is 9.51. The summed E-state index contributed by atoms with van der Waals surface area (Å²) < 4.78 is 14.3. The van der Waals surface area contributed by atoms with Crippen LogP contribution in [0.3, 0.4) is 0 Å². The summed E-state index contributed by atoms with van der Waals surface area (Å²) in [7, 11) is 0. The number of ketones is 1. The van der Waals surface area contributed by atoms with Gasteiger partial charge in [0.25, 0.3) is 0 Å². The van der Waals surface area contributed by atoms with Gasteiger partial charge in [0, 0.05) is 23.2 Å². The van der Waals surface area contributed by atoms with E-state index in [1.165, 1.54) is 36.3 Å². The highest BCUT2D eigenvalue weighted by atomic mass is 32.1. The molecule has 1 heterocycles. The Hall–Kier alpha value is -3.05. The maximum absolute atomic E-state index is 13.4. The Balaban J connectivity index is 1.28. The van der Waals surface area contributed by atoms with Gasteiger partial charge in [0.05, 0.1) is 10.2 Å². The van der Waals surface area contributed by atoms with Crippen LogP contribution in [0.4, 0.5) is 15.2 Å². The van der Waals surface area contributed by atoms with Crippen LogP contribution in [0.5, 0.6) is 0 Å². The molecule has 1 fully saturated rings. The molecule has 5 rings (SSSR count). The maximum atomic E-state index is 13.4. The van der Waals surface area contributed by atoms with E-state index in [1.54, 1.807) is 6.07 Å². The first kappa shape index (κ1) is 20.8. The number of aromatic nitrogens is 1. The molecule has 1 aromatic heterocycles. The Morgan fingerprint density at radius 3 is 2.47 bits per heavy atom. The molecule has 0 amide bonds. The quantitative estimate of drug-likeness (QED) is 0.308. The van der Waals surface area contributed by atoms with Crippen LogP contribution in [0, 0.1) is 17.7 Å². The first-order valence-corrected chi connectivity index (χ1v) is 12.0. The van der Waals surface area contributed by atoms with E-state index in [0.717, 1.165) is 45.1 Å². The highest BCUT2D eigenvalue weighted by Gasteiger charge is 2.31. The van der Waals surface area contributed by atoms with Crippen molar-refractivity contribution >= 4 is 38.2 Å². The summed E-state index contributed by atoms with van der Waals surface area (Å²) in [5, 5.41) is 4.03. The fraction of sp³-hybridized carbons (Fsp3) is 0.259. The Kier molecular flexibility index (Phi) is 5.75. The Bertz CT molecular complexity index is 1250. The van der Waals surface area contributed by atoms with Crippen molar-refractivity contribution in [3.63, 3.8) is 0 Å². The molecule has 0 saturated heterocycles. The number of benzene rings is 3. The fourth-order valence-corrected chi connectivity index (χ4v) is 5.60. The van der Waals surface area contributed by atoms with Crippen molar-refractivity contribution in [2.75, 3.05) is 5.32 Å². The number of fused-ring (bicyclic) bond motifs is 1. The highest BCUT2D eigenvalue weighted by Crippen LogP contribution is 2.36. The molecule has 1 N–H and O–H groups in total. The molecule has 0 bridgehead atoms. The van der Waals surface area contributed by atoms with Gasteiger partial charge in [-0.25, -0.2) is 9.37 Å². The average molecular weight is 445 g/mol. The summed E-state index contributed by atoms with van der Waals surface area (Å²) in [6.45, 7) is 2.19. The second kappa shape index (κ2) is 8.83. The molecule has 1 aliphatic rings. The van der Waals surface area contributed by atoms with Crippen LogP contribution < -0.4 is 5.32 Å². The topological polar surface area (TPSA) is 42.0 Å². The van der Waals surface area contributed by atoms with Crippen LogP contribution in [0.1, 0.15) is 43.0 Å². The van der Waals surface area contributed by atoms with Gasteiger partial charge in [-0.2, -0.15) is 0 Å². The summed E-state index contributed by atoms with van der Waals surface area (Å²) in [4.78, 5) is 17.4. The maximum Gasteiger partial charge on any atom is 0.188 e. The predicted octanol–water partition coefficient (Wildman–Crippen LogP) is 7.86. The molecule has 32 heavy (non-hydrogen) atoms. The van der Waals surface area contributed by atoms with Crippen LogP contribution in [0.2, 0.25) is 0 Å². The molecular weight excluding hydrogens is 419 g/mol. The summed E-state index contributed by atoms with van der Waals surface area (Å²) in [5.74, 6) is 0.753. The molecule has 2 atom stereocenters. The lowest BCUT2D eigenvalue weighted by molar-refractivity contribution is 0.0889. The van der Waals surface area contributed by atoms with Crippen molar-refractivity contribution in [3.05, 3.63) is 78.1 Å². The minimum Gasteiger partial charge on any atom is -0.332 e. The van der Waals surface area contributed by atoms with Gasteiger partial charge in [-0.15, -0.1) is 0 Å². The Labute approximate surface area is 191 Å². The van der Waals surface area contributed by atoms with E-state index in [4.69, 9.17) is 0 Å². The van der Waals surface area contributed by atoms with E-state index in [0.29, 0.717) is 17.2 Å². The van der Waals surface area contributed by atoms with Gasteiger partial charge in [0.2, 0.25) is 0 Å². The number of hydrogen-bond acceptors (Lipinski definition) is 4. The number of thiazole rings is 1. The number of Topliss-reactive ketones (excluding diaryl/α,β-unsaturated/α-hetero) is 1. The summed E-state index contributed by atoms with van der Waals surface area (Å²) in [5.41, 5.74) is 4.58. The van der Waals surface area contributed by atoms with Gasteiger partial charge >= 0.3 is 0 Å². The number of carbonyl (C=O) groups is 1. The number of hydrogen-bond donors (Lipinski definition) is 1. The van der Waals surface area contributed by atoms with Crippen molar-refractivity contribution in [1.29, 1.82) is 0 Å². The Morgan fingerprint density at radius 2 is 1.75 bits per heavy atom. The van der Waals surface area contributed by atoms with Crippen LogP contribution in [0.25, 0.3) is 21.3 Å². The third-order valence-electron chi connectivity index (χ3n) is 6.51. The molecule has 1 saturated carbocycles. The van der Waals surface area contributed by atoms with E-state index < -0.39 is 0 Å². The molecule has 0 radical (unpaired) electrons. The van der Waals surface area contributed by atoms with Crippen molar-refractivity contribution in [2.24, 2.45) is 11.8 Å². The van der Waals surface area contributed by atoms with Gasteiger partial charge in [-0.05, 0) is 54.2 Å². The Morgan fingerprint density at radius 1 is 1.03 bits per heavy atom. The van der Waals surface area contributed by atoms with Crippen molar-refractivity contribution < 1.29 is 9.18 Å². The lowest BCUT2D eigenvalue weighted by Gasteiger charge is -2.16. The minimum atomic E-state index is -0.278. The first-order valence-electron chi connectivity index (χ1n) is 11.2. The van der Waals surface area contributed by atoms with Gasteiger partial charge < -0.3 is 5.32 Å². The zero-order valence-electron chi connectivity index (χ0n) is 18.0. The molecular formula is C27H25FN2OS. The number of rotatable bonds is 6. The number of halogens is 1. The molecule has 0 aliphatic heterocycles. The molecule has 1 aliphatic carbocycles. The van der Waals surface area contributed by atoms with Gasteiger partial charge in [0.1, 0.15) is 5.82 Å². The van der Waals surface area contributed by atoms with Gasteiger partial charge in [-0.1, -0.05) is 67.5 Å². The minimum absolute atomic E-state index is 0.190. The van der Waals surface area contributed by atoms with Crippen LogP contribution in [0.15, 0.2) is 66.7 Å². The molecule has 162 valence electrons. The SMILES string of the molecule is CC[C@@H]1CCC[C@H]1C(=O)c1ccc(-c2ccc(Nc3nc4cc(F)ccc4s3)cc2)cc1. The largest absolute Gasteiger partial charge is 0.332 e. The van der Waals surface area contributed by atoms with E-state index in [-0.39, 0.29) is 11.7 Å². The third-order valence-corrected chi connectivity index (χ3v) is 7.46. The zero-order chi connectivity index (χ0) is 22.1. The smallest absolute Gasteiger partial charge is 0.188 e. The number of carbonyl (C=O) groups excluding carboxylic acids is 1. The normalized spacial score (nSPS) is 18.2. The summed E-state index contributed by atoms with van der Waals surface area (Å²) in [6.07, 6.45) is 4.46. The van der Waals surface area contributed by atoms with E-state index in [9.17, 15) is 9.18 Å². The molecule has 3 aromatic carbocycles. The summed E-state index contributed by atoms with van der Waals surface area (Å²) >= 11 is 1.50. The van der Waals surface area contributed by atoms with Crippen molar-refractivity contribution in [3.8, 4) is 11.1 Å². The summed E-state index contributed by atoms with van der Waals surface area (Å²) in [6, 6.07) is 20.8. The third kappa shape index (κ3) is 4.17. The molecule has 3 nitrogen and oxygen atoms in total. The lowest BCUT2D eigenvalue weighted by Crippen LogP contribution is -2.18. The van der Waals surface area contributed by atoms with Crippen LogP contribution in [-0.4, -0.2) is 10.8 Å². The lowest BCUT2D eigenvalue weighted by atomic mass is 9.86. The molecule has 0 unspecified atom stereocenters. The van der Waals surface area contributed by atoms with E-state index in [2.05, 4.69) is 29.4 Å². The molecule has 4 aromatic rings. The molecule has 5 heteroatoms. The van der Waals surface area contributed by atoms with Gasteiger partial charge in [-0.3, -0.25) is 4.79 Å². The van der Waals surface area contributed by atoms with Crippen LogP contribution >= 0.6 is 11.3 Å². The van der Waals surface area contributed by atoms with E-state index >= 15 is 0 Å². The van der Waals surface area contributed by atoms with Crippen molar-refractivity contribution in [1.82, 2.24) is 4.98 Å². The standard InChI is InChI=1S/C27H25FN2OS/c1-2-17-4-3-5-23(17)26(31)20-8-6-18(7-9-20)19-10-13-22(14-11-19)29-27-30-24-16-21(28)12-15-25(24)32-27/h6-17,23H,2-5H2,1H3,(H,29,30)/t17-,23-/m1/s1.